The quantitative estimate of drug-likeness (QED) is 0.563. The van der Waals surface area contributed by atoms with E-state index < -0.39 is 45.2 Å². The Kier molecular flexibility index (Phi) is 8.35. The van der Waals surface area contributed by atoms with E-state index in [9.17, 15) is 27.2 Å². The molecule has 0 atom stereocenters. The molecule has 2 aromatic rings. The van der Waals surface area contributed by atoms with E-state index in [1.165, 1.54) is 16.4 Å². The molecule has 34 heavy (non-hydrogen) atoms. The topological polar surface area (TPSA) is 119 Å². The number of hydrogen-bond acceptors (Lipinski definition) is 7. The number of amides is 1. The Bertz CT molecular complexity index is 1180. The number of carbonyl (C=O) groups excluding carboxylic acids is 3. The minimum atomic E-state index is -4.11. The number of halogens is 1. The Morgan fingerprint density at radius 3 is 2.41 bits per heavy atom. The van der Waals surface area contributed by atoms with Crippen molar-refractivity contribution in [3.8, 4) is 0 Å². The van der Waals surface area contributed by atoms with Crippen LogP contribution in [0.4, 0.5) is 10.1 Å². The normalized spacial score (nSPS) is 14.3. The highest BCUT2D eigenvalue weighted by Crippen LogP contribution is 2.24. The van der Waals surface area contributed by atoms with Crippen molar-refractivity contribution in [2.24, 2.45) is 0 Å². The lowest BCUT2D eigenvalue weighted by atomic mass is 10.2. The first-order valence-electron chi connectivity index (χ1n) is 10.8. The Morgan fingerprint density at radius 2 is 1.71 bits per heavy atom. The Balaban J connectivity index is 1.67. The zero-order valence-electron chi connectivity index (χ0n) is 18.6. The molecule has 0 saturated carbocycles. The first-order valence-corrected chi connectivity index (χ1v) is 12.2. The molecule has 0 bridgehead atoms. The standard InChI is InChI=1S/C23H25FN2O7S/c1-2-32-23(29)17-8-4-5-9-19(17)25-21(27)15-33-22(28)16-10-11-18(24)20(14-16)34(30,31)26-12-6-3-7-13-26/h4-5,8-11,14H,2-3,6-7,12-13,15H2,1H3,(H,25,27). The predicted molar refractivity (Wildman–Crippen MR) is 120 cm³/mol. The number of piperidine rings is 1. The Morgan fingerprint density at radius 1 is 1.00 bits per heavy atom. The van der Waals surface area contributed by atoms with Gasteiger partial charge in [0, 0.05) is 13.1 Å². The molecule has 1 aliphatic rings. The van der Waals surface area contributed by atoms with Gasteiger partial charge in [0.2, 0.25) is 10.0 Å². The minimum absolute atomic E-state index is 0.134. The summed E-state index contributed by atoms with van der Waals surface area (Å²) in [5.74, 6) is -3.32. The number of nitrogens with zero attached hydrogens (tertiary/aromatic N) is 1. The fourth-order valence-electron chi connectivity index (χ4n) is 3.45. The molecular weight excluding hydrogens is 467 g/mol. The van der Waals surface area contributed by atoms with Crippen molar-refractivity contribution in [3.05, 3.63) is 59.4 Å². The van der Waals surface area contributed by atoms with Gasteiger partial charge in [-0.15, -0.1) is 0 Å². The van der Waals surface area contributed by atoms with Gasteiger partial charge in [-0.1, -0.05) is 18.6 Å². The van der Waals surface area contributed by atoms with Crippen molar-refractivity contribution in [3.63, 3.8) is 0 Å². The smallest absolute Gasteiger partial charge is 0.340 e. The number of sulfonamides is 1. The first kappa shape index (κ1) is 25.3. The molecule has 1 heterocycles. The largest absolute Gasteiger partial charge is 0.462 e. The van der Waals surface area contributed by atoms with Crippen LogP contribution in [-0.4, -0.2) is 56.9 Å². The molecule has 0 aromatic heterocycles. The van der Waals surface area contributed by atoms with Crippen LogP contribution in [0.1, 0.15) is 46.9 Å². The Hall–Kier alpha value is -3.31. The van der Waals surface area contributed by atoms with Crippen LogP contribution in [0.5, 0.6) is 0 Å². The third kappa shape index (κ3) is 5.97. The van der Waals surface area contributed by atoms with Gasteiger partial charge in [0.15, 0.2) is 6.61 Å². The molecule has 1 fully saturated rings. The van der Waals surface area contributed by atoms with Crippen LogP contribution in [0.3, 0.4) is 0 Å². The van der Waals surface area contributed by atoms with Crippen LogP contribution in [0.25, 0.3) is 0 Å². The predicted octanol–water partition coefficient (Wildman–Crippen LogP) is 2.97. The third-order valence-corrected chi connectivity index (χ3v) is 7.04. The number of anilines is 1. The van der Waals surface area contributed by atoms with Crippen LogP contribution in [-0.2, 0) is 24.3 Å². The van der Waals surface area contributed by atoms with Crippen LogP contribution in [0.2, 0.25) is 0 Å². The summed E-state index contributed by atoms with van der Waals surface area (Å²) >= 11 is 0. The van der Waals surface area contributed by atoms with E-state index in [1.54, 1.807) is 19.1 Å². The van der Waals surface area contributed by atoms with E-state index in [0.29, 0.717) is 12.8 Å². The van der Waals surface area contributed by atoms with Crippen LogP contribution >= 0.6 is 0 Å². The number of rotatable bonds is 8. The fraction of sp³-hybridized carbons (Fsp3) is 0.348. The molecule has 0 spiro atoms. The van der Waals surface area contributed by atoms with E-state index in [4.69, 9.17) is 9.47 Å². The maximum atomic E-state index is 14.3. The van der Waals surface area contributed by atoms with Crippen molar-refractivity contribution in [2.75, 3.05) is 31.6 Å². The number of carbonyl (C=O) groups is 3. The van der Waals surface area contributed by atoms with Crippen molar-refractivity contribution in [2.45, 2.75) is 31.1 Å². The zero-order chi connectivity index (χ0) is 24.7. The molecule has 9 nitrogen and oxygen atoms in total. The molecule has 0 aliphatic carbocycles. The summed E-state index contributed by atoms with van der Waals surface area (Å²) in [4.78, 5) is 36.1. The van der Waals surface area contributed by atoms with Gasteiger partial charge in [-0.05, 0) is 50.1 Å². The highest BCUT2D eigenvalue weighted by atomic mass is 32.2. The van der Waals surface area contributed by atoms with Gasteiger partial charge in [0.05, 0.1) is 23.4 Å². The second-order valence-electron chi connectivity index (χ2n) is 7.50. The number of ether oxygens (including phenoxy) is 2. The van der Waals surface area contributed by atoms with Crippen LogP contribution < -0.4 is 5.32 Å². The van der Waals surface area contributed by atoms with E-state index in [2.05, 4.69) is 5.32 Å². The summed E-state index contributed by atoms with van der Waals surface area (Å²) < 4.78 is 51.1. The SMILES string of the molecule is CCOC(=O)c1ccccc1NC(=O)COC(=O)c1ccc(F)c(S(=O)(=O)N2CCCCC2)c1. The zero-order valence-corrected chi connectivity index (χ0v) is 19.4. The molecule has 182 valence electrons. The summed E-state index contributed by atoms with van der Waals surface area (Å²) in [6.45, 7) is 1.67. The summed E-state index contributed by atoms with van der Waals surface area (Å²) in [5.41, 5.74) is 0.102. The summed E-state index contributed by atoms with van der Waals surface area (Å²) in [5, 5.41) is 2.46. The van der Waals surface area contributed by atoms with Gasteiger partial charge in [0.25, 0.3) is 5.91 Å². The lowest BCUT2D eigenvalue weighted by molar-refractivity contribution is -0.119. The first-order chi connectivity index (χ1) is 16.2. The van der Waals surface area contributed by atoms with Crippen molar-refractivity contribution >= 4 is 33.6 Å². The van der Waals surface area contributed by atoms with Gasteiger partial charge in [-0.3, -0.25) is 4.79 Å². The molecule has 1 N–H and O–H groups in total. The highest BCUT2D eigenvalue weighted by Gasteiger charge is 2.29. The van der Waals surface area contributed by atoms with Crippen molar-refractivity contribution < 1.29 is 36.7 Å². The number of nitrogens with one attached hydrogen (secondary N) is 1. The lowest BCUT2D eigenvalue weighted by Crippen LogP contribution is -2.36. The number of hydrogen-bond donors (Lipinski definition) is 1. The molecule has 3 rings (SSSR count). The van der Waals surface area contributed by atoms with Crippen LogP contribution in [0.15, 0.2) is 47.4 Å². The van der Waals surface area contributed by atoms with Crippen molar-refractivity contribution in [1.82, 2.24) is 4.31 Å². The van der Waals surface area contributed by atoms with Crippen molar-refractivity contribution in [1.29, 1.82) is 0 Å². The monoisotopic (exact) mass is 492 g/mol. The number of para-hydroxylation sites is 1. The second-order valence-corrected chi connectivity index (χ2v) is 9.41. The van der Waals surface area contributed by atoms with E-state index in [0.717, 1.165) is 24.6 Å². The molecule has 1 saturated heterocycles. The summed E-state index contributed by atoms with van der Waals surface area (Å²) in [7, 11) is -4.11. The fourth-order valence-corrected chi connectivity index (χ4v) is 5.06. The molecule has 2 aromatic carbocycles. The summed E-state index contributed by atoms with van der Waals surface area (Å²) in [6.07, 6.45) is 2.25. The van der Waals surface area contributed by atoms with E-state index >= 15 is 0 Å². The molecule has 11 heteroatoms. The number of esters is 2. The lowest BCUT2D eigenvalue weighted by Gasteiger charge is -2.26. The maximum Gasteiger partial charge on any atom is 0.340 e. The molecule has 1 aliphatic heterocycles. The van der Waals surface area contributed by atoms with Crippen LogP contribution in [0, 0.1) is 5.82 Å². The van der Waals surface area contributed by atoms with Gasteiger partial charge >= 0.3 is 11.9 Å². The Labute approximate surface area is 196 Å². The molecule has 0 unspecified atom stereocenters. The third-order valence-electron chi connectivity index (χ3n) is 5.13. The van der Waals surface area contributed by atoms with Gasteiger partial charge < -0.3 is 14.8 Å². The van der Waals surface area contributed by atoms with E-state index in [-0.39, 0.29) is 36.5 Å². The number of benzene rings is 2. The highest BCUT2D eigenvalue weighted by molar-refractivity contribution is 7.89. The average molecular weight is 493 g/mol. The maximum absolute atomic E-state index is 14.3. The molecular formula is C23H25FN2O7S. The minimum Gasteiger partial charge on any atom is -0.462 e. The molecule has 0 radical (unpaired) electrons. The molecule has 1 amide bonds. The average Bonchev–Trinajstić information content (AvgIpc) is 2.83. The van der Waals surface area contributed by atoms with Gasteiger partial charge in [-0.2, -0.15) is 4.31 Å². The second kappa shape index (κ2) is 11.2. The summed E-state index contributed by atoms with van der Waals surface area (Å²) in [6, 6.07) is 9.05. The van der Waals surface area contributed by atoms with E-state index in [1.807, 2.05) is 0 Å². The van der Waals surface area contributed by atoms with Gasteiger partial charge in [0.1, 0.15) is 10.7 Å². The van der Waals surface area contributed by atoms with Gasteiger partial charge in [-0.25, -0.2) is 22.4 Å².